The topological polar surface area (TPSA) is 15.3 Å². The summed E-state index contributed by atoms with van der Waals surface area (Å²) in [7, 11) is 0. The molecule has 1 aliphatic rings. The van der Waals surface area contributed by atoms with Crippen molar-refractivity contribution in [3.05, 3.63) is 70.8 Å². The fourth-order valence-electron chi connectivity index (χ4n) is 3.46. The number of alkyl halides is 3. The molecule has 2 aromatic rings. The minimum Gasteiger partial charge on any atom is -0.315 e. The highest BCUT2D eigenvalue weighted by atomic mass is 19.4. The fraction of sp³-hybridized carbons (Fsp3) is 0.400. The minimum absolute atomic E-state index is 0.165. The first-order valence-electron chi connectivity index (χ1n) is 8.63. The monoisotopic (exact) mass is 348 g/mol. The number of halogens is 3. The molecule has 0 aliphatic carbocycles. The normalized spacial score (nSPS) is 17.9. The van der Waals surface area contributed by atoms with Gasteiger partial charge in [0.15, 0.2) is 0 Å². The molecule has 2 aromatic carbocycles. The van der Waals surface area contributed by atoms with Crippen LogP contribution in [-0.2, 0) is 6.18 Å². The Hall–Kier alpha value is -1.85. The van der Waals surface area contributed by atoms with E-state index in [1.807, 2.05) is 25.1 Å². The lowest BCUT2D eigenvalue weighted by atomic mass is 9.94. The molecule has 5 heteroatoms. The first-order chi connectivity index (χ1) is 11.9. The molecule has 1 N–H and O–H groups in total. The van der Waals surface area contributed by atoms with Gasteiger partial charge in [-0.2, -0.15) is 13.2 Å². The molecule has 1 unspecified atom stereocenters. The summed E-state index contributed by atoms with van der Waals surface area (Å²) < 4.78 is 39.5. The molecular weight excluding hydrogens is 325 g/mol. The van der Waals surface area contributed by atoms with Crippen LogP contribution in [0.2, 0.25) is 0 Å². The van der Waals surface area contributed by atoms with Gasteiger partial charge in [0.1, 0.15) is 0 Å². The summed E-state index contributed by atoms with van der Waals surface area (Å²) in [6.45, 7) is 5.48. The number of benzene rings is 2. The molecule has 3 rings (SSSR count). The molecular formula is C20H23F3N2. The second kappa shape index (κ2) is 7.58. The average Bonchev–Trinajstić information content (AvgIpc) is 2.84. The summed E-state index contributed by atoms with van der Waals surface area (Å²) in [5.41, 5.74) is 2.27. The van der Waals surface area contributed by atoms with Crippen LogP contribution < -0.4 is 5.32 Å². The van der Waals surface area contributed by atoms with Gasteiger partial charge in [0.25, 0.3) is 0 Å². The van der Waals surface area contributed by atoms with Crippen molar-refractivity contribution in [3.8, 4) is 0 Å². The Labute approximate surface area is 146 Å². The molecule has 1 heterocycles. The Morgan fingerprint density at radius 2 is 1.68 bits per heavy atom. The van der Waals surface area contributed by atoms with Gasteiger partial charge < -0.3 is 5.32 Å². The number of nitrogens with zero attached hydrogens (tertiary/aromatic N) is 1. The molecule has 25 heavy (non-hydrogen) atoms. The van der Waals surface area contributed by atoms with Gasteiger partial charge in [-0.1, -0.05) is 42.0 Å². The number of nitrogens with one attached hydrogen (secondary N) is 1. The van der Waals surface area contributed by atoms with Crippen LogP contribution in [0.15, 0.2) is 48.5 Å². The van der Waals surface area contributed by atoms with E-state index < -0.39 is 11.7 Å². The van der Waals surface area contributed by atoms with Gasteiger partial charge >= 0.3 is 6.18 Å². The van der Waals surface area contributed by atoms with E-state index >= 15 is 0 Å². The molecule has 0 amide bonds. The van der Waals surface area contributed by atoms with Gasteiger partial charge in [-0.25, -0.2) is 0 Å². The zero-order chi connectivity index (χ0) is 17.9. The molecule has 0 saturated carbocycles. The summed E-state index contributed by atoms with van der Waals surface area (Å²) in [5, 5.41) is 3.36. The number of rotatable bonds is 3. The Morgan fingerprint density at radius 3 is 2.40 bits per heavy atom. The molecule has 1 saturated heterocycles. The van der Waals surface area contributed by atoms with E-state index in [1.54, 1.807) is 6.07 Å². The maximum Gasteiger partial charge on any atom is 0.416 e. The SMILES string of the molecule is Cc1cccc(C(c2cccc(C(F)(F)F)c2)N2CCCNCC2)c1. The van der Waals surface area contributed by atoms with E-state index in [0.29, 0.717) is 5.56 Å². The van der Waals surface area contributed by atoms with E-state index in [2.05, 4.69) is 16.3 Å². The second-order valence-electron chi connectivity index (χ2n) is 6.58. The molecule has 0 bridgehead atoms. The predicted molar refractivity (Wildman–Crippen MR) is 93.5 cm³/mol. The van der Waals surface area contributed by atoms with Gasteiger partial charge in [-0.3, -0.25) is 4.90 Å². The van der Waals surface area contributed by atoms with Crippen LogP contribution in [0.4, 0.5) is 13.2 Å². The molecule has 0 radical (unpaired) electrons. The molecule has 1 atom stereocenters. The highest BCUT2D eigenvalue weighted by Crippen LogP contribution is 2.34. The van der Waals surface area contributed by atoms with Crippen molar-refractivity contribution < 1.29 is 13.2 Å². The third-order valence-corrected chi connectivity index (χ3v) is 4.63. The zero-order valence-corrected chi connectivity index (χ0v) is 14.3. The summed E-state index contributed by atoms with van der Waals surface area (Å²) in [6.07, 6.45) is -3.34. The Kier molecular flexibility index (Phi) is 5.45. The van der Waals surface area contributed by atoms with Crippen LogP contribution in [0.1, 0.15) is 34.7 Å². The van der Waals surface area contributed by atoms with Crippen LogP contribution in [0, 0.1) is 6.92 Å². The summed E-state index contributed by atoms with van der Waals surface area (Å²) in [5.74, 6) is 0. The quantitative estimate of drug-likeness (QED) is 0.884. The minimum atomic E-state index is -4.33. The van der Waals surface area contributed by atoms with Gasteiger partial charge in [0.05, 0.1) is 11.6 Å². The lowest BCUT2D eigenvalue weighted by molar-refractivity contribution is -0.137. The molecule has 0 aromatic heterocycles. The zero-order valence-electron chi connectivity index (χ0n) is 14.3. The lowest BCUT2D eigenvalue weighted by Gasteiger charge is -2.32. The fourth-order valence-corrected chi connectivity index (χ4v) is 3.46. The van der Waals surface area contributed by atoms with Crippen molar-refractivity contribution in [2.75, 3.05) is 26.2 Å². The largest absolute Gasteiger partial charge is 0.416 e. The average molecular weight is 348 g/mol. The van der Waals surface area contributed by atoms with E-state index in [1.165, 1.54) is 12.1 Å². The van der Waals surface area contributed by atoms with Crippen LogP contribution in [0.5, 0.6) is 0 Å². The van der Waals surface area contributed by atoms with Crippen LogP contribution in [-0.4, -0.2) is 31.1 Å². The third-order valence-electron chi connectivity index (χ3n) is 4.63. The third kappa shape index (κ3) is 4.41. The molecule has 1 fully saturated rings. The van der Waals surface area contributed by atoms with Crippen LogP contribution in [0.25, 0.3) is 0 Å². The number of hydrogen-bond acceptors (Lipinski definition) is 2. The first-order valence-corrected chi connectivity index (χ1v) is 8.63. The van der Waals surface area contributed by atoms with Crippen LogP contribution >= 0.6 is 0 Å². The maximum absolute atomic E-state index is 13.2. The Bertz CT molecular complexity index is 704. The molecule has 1 aliphatic heterocycles. The molecule has 0 spiro atoms. The maximum atomic E-state index is 13.2. The Morgan fingerprint density at radius 1 is 0.960 bits per heavy atom. The van der Waals surface area contributed by atoms with Crippen molar-refractivity contribution in [2.45, 2.75) is 25.6 Å². The van der Waals surface area contributed by atoms with Gasteiger partial charge in [-0.05, 0) is 43.1 Å². The van der Waals surface area contributed by atoms with Gasteiger partial charge in [0, 0.05) is 19.6 Å². The van der Waals surface area contributed by atoms with Crippen LogP contribution in [0.3, 0.4) is 0 Å². The molecule has 2 nitrogen and oxygen atoms in total. The highest BCUT2D eigenvalue weighted by molar-refractivity contribution is 5.37. The second-order valence-corrected chi connectivity index (χ2v) is 6.58. The van der Waals surface area contributed by atoms with E-state index in [0.717, 1.165) is 49.8 Å². The highest BCUT2D eigenvalue weighted by Gasteiger charge is 2.32. The summed E-state index contributed by atoms with van der Waals surface area (Å²) in [6, 6.07) is 13.7. The van der Waals surface area contributed by atoms with E-state index in [-0.39, 0.29) is 6.04 Å². The lowest BCUT2D eigenvalue weighted by Crippen LogP contribution is -2.33. The summed E-state index contributed by atoms with van der Waals surface area (Å²) in [4.78, 5) is 2.28. The smallest absolute Gasteiger partial charge is 0.315 e. The van der Waals surface area contributed by atoms with E-state index in [4.69, 9.17) is 0 Å². The summed E-state index contributed by atoms with van der Waals surface area (Å²) >= 11 is 0. The van der Waals surface area contributed by atoms with Crippen molar-refractivity contribution in [2.24, 2.45) is 0 Å². The number of aryl methyl sites for hydroxylation is 1. The van der Waals surface area contributed by atoms with Crippen molar-refractivity contribution >= 4 is 0 Å². The Balaban J connectivity index is 2.04. The standard InChI is InChI=1S/C20H23F3N2/c1-15-5-2-6-16(13-15)19(25-11-4-9-24-10-12-25)17-7-3-8-18(14-17)20(21,22)23/h2-3,5-8,13-14,19,24H,4,9-12H2,1H3. The van der Waals surface area contributed by atoms with Gasteiger partial charge in [0.2, 0.25) is 0 Å². The molecule has 134 valence electrons. The first kappa shape index (κ1) is 18.0. The van der Waals surface area contributed by atoms with E-state index in [9.17, 15) is 13.2 Å². The van der Waals surface area contributed by atoms with Crippen molar-refractivity contribution in [1.82, 2.24) is 10.2 Å². The predicted octanol–water partition coefficient (Wildman–Crippen LogP) is 4.40. The van der Waals surface area contributed by atoms with Crippen molar-refractivity contribution in [3.63, 3.8) is 0 Å². The number of hydrogen-bond donors (Lipinski definition) is 1. The van der Waals surface area contributed by atoms with Crippen molar-refractivity contribution in [1.29, 1.82) is 0 Å². The van der Waals surface area contributed by atoms with Gasteiger partial charge in [-0.15, -0.1) is 0 Å².